The summed E-state index contributed by atoms with van der Waals surface area (Å²) in [4.78, 5) is 25.2. The topological polar surface area (TPSA) is 102 Å². The summed E-state index contributed by atoms with van der Waals surface area (Å²) in [6.07, 6.45) is 11.1. The zero-order valence-corrected chi connectivity index (χ0v) is 20.2. The van der Waals surface area contributed by atoms with Crippen molar-refractivity contribution in [3.63, 3.8) is 0 Å². The summed E-state index contributed by atoms with van der Waals surface area (Å²) < 4.78 is 11.2. The van der Waals surface area contributed by atoms with Gasteiger partial charge in [-0.1, -0.05) is 25.7 Å². The van der Waals surface area contributed by atoms with Crippen LogP contribution in [0.25, 0.3) is 0 Å². The first-order chi connectivity index (χ1) is 15.2. The molecule has 178 valence electrons. The lowest BCUT2D eigenvalue weighted by Crippen LogP contribution is -2.42. The van der Waals surface area contributed by atoms with Gasteiger partial charge in [0.05, 0.1) is 5.41 Å². The SMILES string of the molecule is CC(NC(=O)c1onc(OCC(C)(C)C(=O)O)c1SC1CCC1)C1CC2CCCC(C2)C1. The van der Waals surface area contributed by atoms with Crippen molar-refractivity contribution in [3.05, 3.63) is 5.76 Å². The molecule has 3 aliphatic rings. The maximum absolute atomic E-state index is 13.2. The van der Waals surface area contributed by atoms with Gasteiger partial charge in [0.25, 0.3) is 11.8 Å². The molecule has 7 nitrogen and oxygen atoms in total. The molecular formula is C24H36N2O5S. The second kappa shape index (κ2) is 9.65. The standard InChI is InChI=1S/C24H36N2O5S/c1-14(17-11-15-6-4-7-16(10-15)12-17)25-21(27)19-20(32-18-8-5-9-18)22(26-31-19)30-13-24(2,3)23(28)29/h14-18H,4-13H2,1-3H3,(H,25,27)(H,28,29). The van der Waals surface area contributed by atoms with E-state index in [-0.39, 0.29) is 30.2 Å². The van der Waals surface area contributed by atoms with Crippen LogP contribution in [-0.4, -0.2) is 40.0 Å². The van der Waals surface area contributed by atoms with Gasteiger partial charge < -0.3 is 19.7 Å². The molecule has 0 aliphatic heterocycles. The van der Waals surface area contributed by atoms with Gasteiger partial charge in [0, 0.05) is 11.3 Å². The molecule has 3 aliphatic carbocycles. The van der Waals surface area contributed by atoms with Crippen molar-refractivity contribution >= 4 is 23.6 Å². The van der Waals surface area contributed by atoms with E-state index in [1.165, 1.54) is 44.9 Å². The lowest BCUT2D eigenvalue weighted by molar-refractivity contribution is -0.148. The molecule has 2 N–H and O–H groups in total. The molecule has 1 aromatic rings. The summed E-state index contributed by atoms with van der Waals surface area (Å²) in [5.41, 5.74) is -1.06. The van der Waals surface area contributed by atoms with E-state index in [0.29, 0.717) is 16.1 Å². The van der Waals surface area contributed by atoms with Crippen LogP contribution in [0.4, 0.5) is 0 Å². The normalized spacial score (nSPS) is 26.8. The summed E-state index contributed by atoms with van der Waals surface area (Å²) in [6.45, 7) is 5.26. The Bertz CT molecular complexity index is 822. The van der Waals surface area contributed by atoms with Crippen LogP contribution in [0.15, 0.2) is 9.42 Å². The lowest BCUT2D eigenvalue weighted by Gasteiger charge is -2.41. The number of hydrogen-bond donors (Lipinski definition) is 2. The number of fused-ring (bicyclic) bond motifs is 2. The molecule has 1 amide bonds. The highest BCUT2D eigenvalue weighted by Crippen LogP contribution is 2.44. The van der Waals surface area contributed by atoms with Crippen molar-refractivity contribution in [1.82, 2.24) is 10.5 Å². The van der Waals surface area contributed by atoms with E-state index in [1.807, 2.05) is 0 Å². The van der Waals surface area contributed by atoms with Gasteiger partial charge >= 0.3 is 5.97 Å². The second-order valence-electron chi connectivity index (χ2n) is 10.7. The number of amides is 1. The zero-order valence-electron chi connectivity index (χ0n) is 19.4. The van der Waals surface area contributed by atoms with Gasteiger partial charge in [-0.2, -0.15) is 0 Å². The zero-order chi connectivity index (χ0) is 22.9. The molecule has 3 fully saturated rings. The van der Waals surface area contributed by atoms with Crippen molar-refractivity contribution in [1.29, 1.82) is 0 Å². The molecule has 3 atom stereocenters. The maximum atomic E-state index is 13.2. The lowest BCUT2D eigenvalue weighted by atomic mass is 9.66. The molecule has 2 bridgehead atoms. The third kappa shape index (κ3) is 5.26. The molecule has 0 spiro atoms. The van der Waals surface area contributed by atoms with Crippen LogP contribution in [0, 0.1) is 23.2 Å². The minimum absolute atomic E-state index is 0.0462. The number of thioether (sulfide) groups is 1. The first kappa shape index (κ1) is 23.5. The Morgan fingerprint density at radius 1 is 1.19 bits per heavy atom. The van der Waals surface area contributed by atoms with E-state index < -0.39 is 11.4 Å². The van der Waals surface area contributed by atoms with Gasteiger partial charge in [-0.15, -0.1) is 11.8 Å². The Morgan fingerprint density at radius 3 is 2.44 bits per heavy atom. The van der Waals surface area contributed by atoms with Crippen LogP contribution < -0.4 is 10.1 Å². The predicted molar refractivity (Wildman–Crippen MR) is 122 cm³/mol. The highest BCUT2D eigenvalue weighted by atomic mass is 32.2. The molecule has 0 radical (unpaired) electrons. The molecule has 0 aromatic carbocycles. The summed E-state index contributed by atoms with van der Waals surface area (Å²) in [7, 11) is 0. The summed E-state index contributed by atoms with van der Waals surface area (Å²) >= 11 is 1.56. The van der Waals surface area contributed by atoms with E-state index in [2.05, 4.69) is 17.4 Å². The van der Waals surface area contributed by atoms with Crippen molar-refractivity contribution in [2.45, 2.75) is 94.7 Å². The molecular weight excluding hydrogens is 428 g/mol. The van der Waals surface area contributed by atoms with E-state index >= 15 is 0 Å². The Kier molecular flexibility index (Phi) is 7.08. The number of aliphatic carboxylic acids is 1. The number of carbonyl (C=O) groups excluding carboxylic acids is 1. The summed E-state index contributed by atoms with van der Waals surface area (Å²) in [6, 6.07) is 0.0767. The van der Waals surface area contributed by atoms with Gasteiger partial charge in [0.15, 0.2) is 0 Å². The third-order valence-corrected chi connectivity index (χ3v) is 8.94. The highest BCUT2D eigenvalue weighted by molar-refractivity contribution is 8.00. The Balaban J connectivity index is 1.44. The number of carboxylic acids is 1. The number of nitrogens with zero attached hydrogens (tertiary/aromatic N) is 1. The van der Waals surface area contributed by atoms with Gasteiger partial charge in [-0.05, 0) is 75.8 Å². The van der Waals surface area contributed by atoms with E-state index in [9.17, 15) is 14.7 Å². The third-order valence-electron chi connectivity index (χ3n) is 7.54. The Hall–Kier alpha value is -1.70. The fourth-order valence-electron chi connectivity index (χ4n) is 5.15. The smallest absolute Gasteiger partial charge is 0.312 e. The van der Waals surface area contributed by atoms with Crippen LogP contribution in [0.5, 0.6) is 5.88 Å². The maximum Gasteiger partial charge on any atom is 0.312 e. The fraction of sp³-hybridized carbons (Fsp3) is 0.792. The number of aromatic nitrogens is 1. The molecule has 3 unspecified atom stereocenters. The van der Waals surface area contributed by atoms with Crippen LogP contribution in [0.1, 0.15) is 89.1 Å². The largest absolute Gasteiger partial charge is 0.481 e. The fourth-order valence-corrected chi connectivity index (χ4v) is 6.49. The van der Waals surface area contributed by atoms with Gasteiger partial charge in [0.1, 0.15) is 11.5 Å². The quantitative estimate of drug-likeness (QED) is 0.521. The van der Waals surface area contributed by atoms with Gasteiger partial charge in [-0.25, -0.2) is 0 Å². The average molecular weight is 465 g/mol. The van der Waals surface area contributed by atoms with Crippen molar-refractivity contribution in [2.24, 2.45) is 23.2 Å². The van der Waals surface area contributed by atoms with E-state index in [4.69, 9.17) is 9.26 Å². The first-order valence-corrected chi connectivity index (χ1v) is 12.9. The van der Waals surface area contributed by atoms with E-state index in [0.717, 1.165) is 24.7 Å². The minimum Gasteiger partial charge on any atom is -0.481 e. The Morgan fingerprint density at radius 2 is 1.84 bits per heavy atom. The van der Waals surface area contributed by atoms with Crippen LogP contribution >= 0.6 is 11.8 Å². The van der Waals surface area contributed by atoms with Crippen molar-refractivity contribution < 1.29 is 24.0 Å². The van der Waals surface area contributed by atoms with E-state index in [1.54, 1.807) is 25.6 Å². The Labute approximate surface area is 194 Å². The highest BCUT2D eigenvalue weighted by Gasteiger charge is 2.36. The van der Waals surface area contributed by atoms with Crippen LogP contribution in [0.3, 0.4) is 0 Å². The number of rotatable bonds is 9. The molecule has 0 saturated heterocycles. The monoisotopic (exact) mass is 464 g/mol. The molecule has 32 heavy (non-hydrogen) atoms. The second-order valence-corrected chi connectivity index (χ2v) is 12.0. The molecule has 1 heterocycles. The van der Waals surface area contributed by atoms with Crippen LogP contribution in [-0.2, 0) is 4.79 Å². The number of carbonyl (C=O) groups is 2. The van der Waals surface area contributed by atoms with Gasteiger partial charge in [0.2, 0.25) is 5.76 Å². The average Bonchev–Trinajstić information content (AvgIpc) is 3.11. The van der Waals surface area contributed by atoms with Crippen molar-refractivity contribution in [2.75, 3.05) is 6.61 Å². The first-order valence-electron chi connectivity index (χ1n) is 12.1. The van der Waals surface area contributed by atoms with Crippen molar-refractivity contribution in [3.8, 4) is 5.88 Å². The molecule has 4 rings (SSSR count). The molecule has 1 aromatic heterocycles. The number of ether oxygens (including phenoxy) is 1. The summed E-state index contributed by atoms with van der Waals surface area (Å²) in [5, 5.41) is 17.0. The number of nitrogens with one attached hydrogen (secondary N) is 1. The minimum atomic E-state index is -1.06. The van der Waals surface area contributed by atoms with Gasteiger partial charge in [-0.3, -0.25) is 9.59 Å². The van der Waals surface area contributed by atoms with Crippen LogP contribution in [0.2, 0.25) is 0 Å². The summed E-state index contributed by atoms with van der Waals surface area (Å²) in [5.74, 6) is 1.32. The number of hydrogen-bond acceptors (Lipinski definition) is 6. The molecule has 8 heteroatoms. The predicted octanol–water partition coefficient (Wildman–Crippen LogP) is 5.14. The number of carboxylic acid groups (broad SMARTS) is 1. The molecule has 3 saturated carbocycles.